The summed E-state index contributed by atoms with van der Waals surface area (Å²) in [5.74, 6) is 0.914. The lowest BCUT2D eigenvalue weighted by Crippen LogP contribution is -2.30. The summed E-state index contributed by atoms with van der Waals surface area (Å²) in [6.45, 7) is 0.663. The quantitative estimate of drug-likeness (QED) is 0.492. The Morgan fingerprint density at radius 1 is 0.966 bits per heavy atom. The fourth-order valence-electron chi connectivity index (χ4n) is 3.93. The van der Waals surface area contributed by atoms with Crippen LogP contribution in [0.2, 0.25) is 0 Å². The number of hydrogen-bond donors (Lipinski definition) is 1. The molecule has 0 saturated carbocycles. The molecule has 0 aliphatic carbocycles. The summed E-state index contributed by atoms with van der Waals surface area (Å²) < 4.78 is 7.79. The monoisotopic (exact) mass is 400 g/mol. The molecule has 1 N–H and O–H groups in total. The Morgan fingerprint density at radius 2 is 1.83 bits per heavy atom. The van der Waals surface area contributed by atoms with Crippen LogP contribution in [-0.4, -0.2) is 14.7 Å². The van der Waals surface area contributed by atoms with Crippen molar-refractivity contribution in [3.63, 3.8) is 0 Å². The van der Waals surface area contributed by atoms with Crippen LogP contribution in [0.25, 0.3) is 0 Å². The number of benzene rings is 1. The Bertz CT molecular complexity index is 1090. The molecule has 4 heterocycles. The number of nitrogens with zero attached hydrogens (tertiary/aromatic N) is 3. The molecule has 5 rings (SSSR count). The molecule has 1 aliphatic heterocycles. The molecule has 2 unspecified atom stereocenters. The summed E-state index contributed by atoms with van der Waals surface area (Å²) in [5, 5.41) is 4.20. The smallest absolute Gasteiger partial charge is 0.174 e. The van der Waals surface area contributed by atoms with Crippen molar-refractivity contribution in [1.29, 1.82) is 0 Å². The van der Waals surface area contributed by atoms with Gasteiger partial charge in [0.1, 0.15) is 11.8 Å². The van der Waals surface area contributed by atoms with Gasteiger partial charge in [-0.05, 0) is 60.7 Å². The number of para-hydroxylation sites is 1. The van der Waals surface area contributed by atoms with Crippen molar-refractivity contribution in [2.45, 2.75) is 18.6 Å². The van der Waals surface area contributed by atoms with Gasteiger partial charge in [0.05, 0.1) is 24.5 Å². The van der Waals surface area contributed by atoms with Gasteiger partial charge in [0.2, 0.25) is 0 Å². The van der Waals surface area contributed by atoms with Gasteiger partial charge in [-0.3, -0.25) is 4.98 Å². The molecular formula is C23H20N4OS. The Hall–Kier alpha value is -3.38. The van der Waals surface area contributed by atoms with Crippen molar-refractivity contribution in [2.75, 3.05) is 4.90 Å². The third-order valence-electron chi connectivity index (χ3n) is 5.21. The van der Waals surface area contributed by atoms with E-state index in [2.05, 4.69) is 50.2 Å². The van der Waals surface area contributed by atoms with E-state index in [9.17, 15) is 0 Å². The molecule has 3 aromatic heterocycles. The van der Waals surface area contributed by atoms with Gasteiger partial charge in [-0.25, -0.2) is 0 Å². The number of rotatable bonds is 5. The summed E-state index contributed by atoms with van der Waals surface area (Å²) in [6, 6.07) is 24.3. The van der Waals surface area contributed by atoms with E-state index < -0.39 is 0 Å². The lowest BCUT2D eigenvalue weighted by atomic mass is 10.0. The molecule has 1 saturated heterocycles. The van der Waals surface area contributed by atoms with E-state index in [-0.39, 0.29) is 12.1 Å². The zero-order valence-corrected chi connectivity index (χ0v) is 16.5. The lowest BCUT2D eigenvalue weighted by Gasteiger charge is -2.28. The van der Waals surface area contributed by atoms with Gasteiger partial charge >= 0.3 is 0 Å². The second-order valence-corrected chi connectivity index (χ2v) is 7.36. The lowest BCUT2D eigenvalue weighted by molar-refractivity contribution is 0.475. The van der Waals surface area contributed by atoms with Gasteiger partial charge < -0.3 is 19.2 Å². The van der Waals surface area contributed by atoms with Crippen molar-refractivity contribution < 1.29 is 4.42 Å². The summed E-state index contributed by atoms with van der Waals surface area (Å²) in [5.41, 5.74) is 3.16. The van der Waals surface area contributed by atoms with Crippen LogP contribution in [0.4, 0.5) is 5.69 Å². The minimum atomic E-state index is -0.0610. The highest BCUT2D eigenvalue weighted by molar-refractivity contribution is 7.80. The van der Waals surface area contributed by atoms with Crippen LogP contribution in [0, 0.1) is 0 Å². The van der Waals surface area contributed by atoms with Crippen LogP contribution in [0.1, 0.15) is 29.2 Å². The highest BCUT2D eigenvalue weighted by atomic mass is 32.1. The van der Waals surface area contributed by atoms with Crippen LogP contribution >= 0.6 is 12.2 Å². The van der Waals surface area contributed by atoms with Crippen molar-refractivity contribution in [3.8, 4) is 0 Å². The number of pyridine rings is 1. The maximum Gasteiger partial charge on any atom is 0.174 e. The number of anilines is 1. The predicted molar refractivity (Wildman–Crippen MR) is 117 cm³/mol. The molecule has 2 atom stereocenters. The number of hydrogen-bond acceptors (Lipinski definition) is 3. The SMILES string of the molecule is S=C1NC(c2ccccn2)C(c2cccn2Cc2ccco2)N1c1ccccc1. The fourth-order valence-corrected chi connectivity index (χ4v) is 4.28. The first-order valence-electron chi connectivity index (χ1n) is 9.54. The molecular weight excluding hydrogens is 380 g/mol. The highest BCUT2D eigenvalue weighted by Gasteiger charge is 2.41. The molecule has 5 nitrogen and oxygen atoms in total. The van der Waals surface area contributed by atoms with E-state index in [0.717, 1.165) is 22.8 Å². The third kappa shape index (κ3) is 3.32. The predicted octanol–water partition coefficient (Wildman–Crippen LogP) is 4.70. The van der Waals surface area contributed by atoms with Crippen molar-refractivity contribution >= 4 is 23.0 Å². The molecule has 0 spiro atoms. The molecule has 29 heavy (non-hydrogen) atoms. The topological polar surface area (TPSA) is 46.2 Å². The number of aromatic nitrogens is 2. The van der Waals surface area contributed by atoms with Crippen molar-refractivity contribution in [1.82, 2.24) is 14.9 Å². The summed E-state index contributed by atoms with van der Waals surface area (Å²) in [4.78, 5) is 6.80. The molecule has 0 amide bonds. The first kappa shape index (κ1) is 17.7. The first-order valence-corrected chi connectivity index (χ1v) is 9.95. The Labute approximate surface area is 174 Å². The largest absolute Gasteiger partial charge is 0.467 e. The second-order valence-electron chi connectivity index (χ2n) is 6.97. The maximum atomic E-state index is 5.77. The van der Waals surface area contributed by atoms with Crippen LogP contribution in [0.5, 0.6) is 0 Å². The van der Waals surface area contributed by atoms with Gasteiger partial charge in [-0.1, -0.05) is 24.3 Å². The van der Waals surface area contributed by atoms with E-state index in [1.807, 2.05) is 54.7 Å². The van der Waals surface area contributed by atoms with Crippen molar-refractivity contribution in [3.05, 3.63) is 109 Å². The Morgan fingerprint density at radius 3 is 2.59 bits per heavy atom. The number of thiocarbonyl (C=S) groups is 1. The standard InChI is InChI=1S/C23H20N4OS/c29-23-25-21(19-11-4-5-13-24-19)22(27(23)17-8-2-1-3-9-17)20-12-6-14-26(20)16-18-10-7-15-28-18/h1-15,21-22H,16H2,(H,25,29). The molecule has 0 bridgehead atoms. The molecule has 1 aromatic carbocycles. The van der Waals surface area contributed by atoms with E-state index >= 15 is 0 Å². The normalized spacial score (nSPS) is 18.8. The highest BCUT2D eigenvalue weighted by Crippen LogP contribution is 2.41. The maximum absolute atomic E-state index is 5.77. The molecule has 144 valence electrons. The van der Waals surface area contributed by atoms with E-state index in [4.69, 9.17) is 16.6 Å². The zero-order chi connectivity index (χ0) is 19.6. The van der Waals surface area contributed by atoms with Gasteiger partial charge in [0, 0.05) is 23.8 Å². The average Bonchev–Trinajstić information content (AvgIpc) is 3.50. The van der Waals surface area contributed by atoms with Crippen LogP contribution in [0.15, 0.2) is 95.9 Å². The summed E-state index contributed by atoms with van der Waals surface area (Å²) in [7, 11) is 0. The average molecular weight is 401 g/mol. The molecule has 1 fully saturated rings. The van der Waals surface area contributed by atoms with Crippen molar-refractivity contribution in [2.24, 2.45) is 0 Å². The Kier molecular flexibility index (Phi) is 4.62. The molecule has 1 aliphatic rings. The van der Waals surface area contributed by atoms with E-state index in [1.165, 1.54) is 0 Å². The summed E-state index contributed by atoms with van der Waals surface area (Å²) >= 11 is 5.77. The second kappa shape index (κ2) is 7.56. The first-order chi connectivity index (χ1) is 14.3. The minimum Gasteiger partial charge on any atom is -0.467 e. The Balaban J connectivity index is 1.61. The van der Waals surface area contributed by atoms with E-state index in [0.29, 0.717) is 11.7 Å². The zero-order valence-electron chi connectivity index (χ0n) is 15.7. The van der Waals surface area contributed by atoms with Crippen LogP contribution in [0.3, 0.4) is 0 Å². The fraction of sp³-hybridized carbons (Fsp3) is 0.130. The minimum absolute atomic E-state index is 0.0373. The molecule has 4 aromatic rings. The molecule has 6 heteroatoms. The summed E-state index contributed by atoms with van der Waals surface area (Å²) in [6.07, 6.45) is 5.61. The van der Waals surface area contributed by atoms with E-state index in [1.54, 1.807) is 6.26 Å². The number of furan rings is 1. The van der Waals surface area contributed by atoms with Gasteiger partial charge in [-0.15, -0.1) is 0 Å². The number of nitrogens with one attached hydrogen (secondary N) is 1. The third-order valence-corrected chi connectivity index (χ3v) is 5.52. The van der Waals surface area contributed by atoms with Crippen LogP contribution in [-0.2, 0) is 6.54 Å². The molecule has 0 radical (unpaired) electrons. The van der Waals surface area contributed by atoms with Gasteiger partial charge in [-0.2, -0.15) is 0 Å². The van der Waals surface area contributed by atoms with Crippen LogP contribution < -0.4 is 10.2 Å². The van der Waals surface area contributed by atoms with Gasteiger partial charge in [0.15, 0.2) is 5.11 Å². The van der Waals surface area contributed by atoms with Gasteiger partial charge in [0.25, 0.3) is 0 Å².